The number of likely N-dealkylation sites (tertiary alicyclic amines) is 1. The number of amides is 1. The highest BCUT2D eigenvalue weighted by Gasteiger charge is 2.25. The number of carboxylic acid groups (broad SMARTS) is 1. The largest absolute Gasteiger partial charge is 0.477 e. The fraction of sp³-hybridized carbons (Fsp3) is 0.333. The van der Waals surface area contributed by atoms with E-state index in [1.165, 1.54) is 11.6 Å². The molecule has 0 atom stereocenters. The minimum atomic E-state index is -0.977. The number of carboxylic acids is 1. The van der Waals surface area contributed by atoms with Crippen molar-refractivity contribution in [3.8, 4) is 0 Å². The van der Waals surface area contributed by atoms with Gasteiger partial charge in [0.2, 0.25) is 0 Å². The average Bonchev–Trinajstić information content (AvgIpc) is 3.18. The van der Waals surface area contributed by atoms with Crippen LogP contribution in [-0.2, 0) is 0 Å². The van der Waals surface area contributed by atoms with Crippen LogP contribution in [0.15, 0.2) is 29.0 Å². The Bertz CT molecular complexity index is 640. The Morgan fingerprint density at radius 2 is 1.86 bits per heavy atom. The third-order valence-electron chi connectivity index (χ3n) is 3.82. The van der Waals surface area contributed by atoms with Gasteiger partial charge < -0.3 is 10.0 Å². The molecule has 21 heavy (non-hydrogen) atoms. The van der Waals surface area contributed by atoms with Crippen molar-refractivity contribution in [3.63, 3.8) is 0 Å². The van der Waals surface area contributed by atoms with Gasteiger partial charge in [-0.3, -0.25) is 4.79 Å². The topological polar surface area (TPSA) is 57.6 Å². The van der Waals surface area contributed by atoms with Crippen LogP contribution in [0.1, 0.15) is 43.7 Å². The van der Waals surface area contributed by atoms with Crippen LogP contribution in [0.4, 0.5) is 0 Å². The van der Waals surface area contributed by atoms with Crippen molar-refractivity contribution in [1.82, 2.24) is 4.90 Å². The third kappa shape index (κ3) is 3.01. The van der Waals surface area contributed by atoms with Gasteiger partial charge in [-0.25, -0.2) is 4.79 Å². The predicted octanol–water partition coefficient (Wildman–Crippen LogP) is 3.53. The van der Waals surface area contributed by atoms with Gasteiger partial charge in [0.1, 0.15) is 4.88 Å². The lowest BCUT2D eigenvalue weighted by Gasteiger charge is -2.31. The summed E-state index contributed by atoms with van der Waals surface area (Å²) in [4.78, 5) is 25.8. The molecule has 2 aromatic heterocycles. The van der Waals surface area contributed by atoms with Crippen molar-refractivity contribution in [3.05, 3.63) is 44.3 Å². The van der Waals surface area contributed by atoms with E-state index in [0.717, 1.165) is 37.3 Å². The number of hydrogen-bond acceptors (Lipinski definition) is 4. The van der Waals surface area contributed by atoms with Crippen LogP contribution < -0.4 is 0 Å². The Morgan fingerprint density at radius 3 is 2.43 bits per heavy atom. The molecule has 1 amide bonds. The van der Waals surface area contributed by atoms with Crippen LogP contribution in [0.2, 0.25) is 0 Å². The van der Waals surface area contributed by atoms with Gasteiger partial charge in [0.15, 0.2) is 0 Å². The molecule has 0 aliphatic carbocycles. The molecule has 110 valence electrons. The number of thiophene rings is 2. The van der Waals surface area contributed by atoms with E-state index >= 15 is 0 Å². The maximum atomic E-state index is 12.4. The first-order valence-corrected chi connectivity index (χ1v) is 8.55. The molecule has 0 unspecified atom stereocenters. The standard InChI is InChI=1S/C15H15NO3S2/c17-14(12-1-2-13(21-12)15(18)19)16-6-3-10(4-7-16)11-5-8-20-9-11/h1-2,5,8-10H,3-4,6-7H2,(H,18,19). The zero-order chi connectivity index (χ0) is 14.8. The summed E-state index contributed by atoms with van der Waals surface area (Å²) in [5, 5.41) is 13.2. The molecule has 0 saturated carbocycles. The summed E-state index contributed by atoms with van der Waals surface area (Å²) in [5.41, 5.74) is 1.37. The van der Waals surface area contributed by atoms with Gasteiger partial charge >= 0.3 is 5.97 Å². The van der Waals surface area contributed by atoms with Gasteiger partial charge in [-0.1, -0.05) is 0 Å². The fourth-order valence-electron chi connectivity index (χ4n) is 2.65. The molecule has 1 aliphatic heterocycles. The Hall–Kier alpha value is -1.66. The van der Waals surface area contributed by atoms with Crippen LogP contribution in [0.5, 0.6) is 0 Å². The van der Waals surface area contributed by atoms with Crippen LogP contribution in [0.25, 0.3) is 0 Å². The van der Waals surface area contributed by atoms with Crippen molar-refractivity contribution < 1.29 is 14.7 Å². The maximum absolute atomic E-state index is 12.4. The molecule has 0 radical (unpaired) electrons. The molecule has 1 aliphatic rings. The van der Waals surface area contributed by atoms with E-state index in [0.29, 0.717) is 10.8 Å². The summed E-state index contributed by atoms with van der Waals surface area (Å²) in [6.07, 6.45) is 1.94. The fourth-order valence-corrected chi connectivity index (χ4v) is 4.20. The number of carbonyl (C=O) groups excluding carboxylic acids is 1. The molecule has 3 rings (SSSR count). The van der Waals surface area contributed by atoms with E-state index < -0.39 is 5.97 Å². The van der Waals surface area contributed by atoms with E-state index in [-0.39, 0.29) is 10.8 Å². The van der Waals surface area contributed by atoms with E-state index in [4.69, 9.17) is 5.11 Å². The normalized spacial score (nSPS) is 16.1. The van der Waals surface area contributed by atoms with Crippen molar-refractivity contribution >= 4 is 34.6 Å². The second-order valence-corrected chi connectivity index (χ2v) is 6.96. The van der Waals surface area contributed by atoms with Crippen LogP contribution in [0.3, 0.4) is 0 Å². The van der Waals surface area contributed by atoms with E-state index in [9.17, 15) is 9.59 Å². The van der Waals surface area contributed by atoms with Crippen molar-refractivity contribution in [2.75, 3.05) is 13.1 Å². The Kier molecular flexibility index (Phi) is 4.07. The number of carbonyl (C=O) groups is 2. The summed E-state index contributed by atoms with van der Waals surface area (Å²) in [6.45, 7) is 1.47. The van der Waals surface area contributed by atoms with E-state index in [1.807, 2.05) is 4.90 Å². The summed E-state index contributed by atoms with van der Waals surface area (Å²) >= 11 is 2.76. The first-order valence-electron chi connectivity index (χ1n) is 6.79. The highest BCUT2D eigenvalue weighted by Crippen LogP contribution is 2.30. The molecule has 0 bridgehead atoms. The highest BCUT2D eigenvalue weighted by molar-refractivity contribution is 7.15. The number of rotatable bonds is 3. The lowest BCUT2D eigenvalue weighted by atomic mass is 9.91. The minimum absolute atomic E-state index is 0.0451. The number of aromatic carboxylic acids is 1. The van der Waals surface area contributed by atoms with Crippen LogP contribution in [0, 0.1) is 0 Å². The van der Waals surface area contributed by atoms with Gasteiger partial charge in [0.25, 0.3) is 5.91 Å². The predicted molar refractivity (Wildman–Crippen MR) is 83.5 cm³/mol. The summed E-state index contributed by atoms with van der Waals surface area (Å²) in [6, 6.07) is 5.27. The van der Waals surface area contributed by atoms with Gasteiger partial charge in [-0.05, 0) is 53.3 Å². The lowest BCUT2D eigenvalue weighted by molar-refractivity contribution is 0.0699. The molecular formula is C15H15NO3S2. The highest BCUT2D eigenvalue weighted by atomic mass is 32.1. The zero-order valence-electron chi connectivity index (χ0n) is 11.3. The molecule has 0 spiro atoms. The molecule has 6 heteroatoms. The first kappa shape index (κ1) is 14.3. The van der Waals surface area contributed by atoms with Gasteiger partial charge in [-0.2, -0.15) is 11.3 Å². The van der Waals surface area contributed by atoms with E-state index in [2.05, 4.69) is 16.8 Å². The third-order valence-corrected chi connectivity index (χ3v) is 5.59. The van der Waals surface area contributed by atoms with Crippen LogP contribution in [-0.4, -0.2) is 35.0 Å². The average molecular weight is 321 g/mol. The monoisotopic (exact) mass is 321 g/mol. The SMILES string of the molecule is O=C(O)c1ccc(C(=O)N2CCC(c3ccsc3)CC2)s1. The molecular weight excluding hydrogens is 306 g/mol. The molecule has 2 aromatic rings. The van der Waals surface area contributed by atoms with Crippen molar-refractivity contribution in [2.45, 2.75) is 18.8 Å². The molecule has 4 nitrogen and oxygen atoms in total. The van der Waals surface area contributed by atoms with Gasteiger partial charge in [0.05, 0.1) is 4.88 Å². The number of piperidine rings is 1. The molecule has 1 saturated heterocycles. The Morgan fingerprint density at radius 1 is 1.14 bits per heavy atom. The zero-order valence-corrected chi connectivity index (χ0v) is 13.0. The summed E-state index contributed by atoms with van der Waals surface area (Å²) < 4.78 is 0. The molecule has 3 heterocycles. The minimum Gasteiger partial charge on any atom is -0.477 e. The number of hydrogen-bond donors (Lipinski definition) is 1. The summed E-state index contributed by atoms with van der Waals surface area (Å²) in [5.74, 6) is -0.482. The second kappa shape index (κ2) is 5.99. The van der Waals surface area contributed by atoms with Crippen molar-refractivity contribution in [1.29, 1.82) is 0 Å². The van der Waals surface area contributed by atoms with Gasteiger partial charge in [-0.15, -0.1) is 11.3 Å². The Balaban J connectivity index is 1.63. The van der Waals surface area contributed by atoms with Crippen molar-refractivity contribution in [2.24, 2.45) is 0 Å². The van der Waals surface area contributed by atoms with Crippen LogP contribution >= 0.6 is 22.7 Å². The van der Waals surface area contributed by atoms with E-state index in [1.54, 1.807) is 17.4 Å². The molecule has 1 N–H and O–H groups in total. The summed E-state index contributed by atoms with van der Waals surface area (Å²) in [7, 11) is 0. The van der Waals surface area contributed by atoms with Gasteiger partial charge in [0, 0.05) is 13.1 Å². The maximum Gasteiger partial charge on any atom is 0.345 e. The first-order chi connectivity index (χ1) is 10.1. The second-order valence-electron chi connectivity index (χ2n) is 5.09. The quantitative estimate of drug-likeness (QED) is 0.941. The Labute approximate surface area is 130 Å². The molecule has 0 aromatic carbocycles. The number of nitrogens with zero attached hydrogens (tertiary/aromatic N) is 1. The molecule has 1 fully saturated rings. The lowest BCUT2D eigenvalue weighted by Crippen LogP contribution is -2.37. The smallest absolute Gasteiger partial charge is 0.345 e.